The van der Waals surface area contributed by atoms with Crippen LogP contribution in [0.15, 0.2) is 0 Å². The number of hydrogen-bond donors (Lipinski definition) is 1. The van der Waals surface area contributed by atoms with Gasteiger partial charge in [0.05, 0.1) is 0 Å². The minimum Gasteiger partial charge on any atom is -0.330 e. The molecule has 0 saturated heterocycles. The van der Waals surface area contributed by atoms with Crippen LogP contribution in [0.3, 0.4) is 0 Å². The molecule has 1 fully saturated rings. The lowest BCUT2D eigenvalue weighted by Crippen LogP contribution is -2.46. The van der Waals surface area contributed by atoms with Crippen LogP contribution in [0, 0.1) is 23.2 Å². The van der Waals surface area contributed by atoms with E-state index in [0.29, 0.717) is 5.41 Å². The second kappa shape index (κ2) is 4.65. The highest BCUT2D eigenvalue weighted by atomic mass is 14.6. The van der Waals surface area contributed by atoms with Crippen molar-refractivity contribution in [3.05, 3.63) is 0 Å². The van der Waals surface area contributed by atoms with Crippen LogP contribution in [-0.4, -0.2) is 6.54 Å². The summed E-state index contributed by atoms with van der Waals surface area (Å²) in [6.45, 7) is 10.4. The lowest BCUT2D eigenvalue weighted by atomic mass is 9.58. The van der Waals surface area contributed by atoms with E-state index in [4.69, 9.17) is 5.73 Å². The highest BCUT2D eigenvalue weighted by molar-refractivity contribution is 4.93. The monoisotopic (exact) mass is 197 g/mol. The molecule has 3 unspecified atom stereocenters. The van der Waals surface area contributed by atoms with Crippen LogP contribution in [0.5, 0.6) is 0 Å². The van der Waals surface area contributed by atoms with Crippen LogP contribution in [0.1, 0.15) is 53.4 Å². The molecule has 0 aromatic rings. The van der Waals surface area contributed by atoms with Crippen molar-refractivity contribution in [3.63, 3.8) is 0 Å². The van der Waals surface area contributed by atoms with E-state index < -0.39 is 0 Å². The number of rotatable bonds is 3. The largest absolute Gasteiger partial charge is 0.330 e. The average molecular weight is 197 g/mol. The van der Waals surface area contributed by atoms with Crippen molar-refractivity contribution in [2.45, 2.75) is 53.4 Å². The molecule has 14 heavy (non-hydrogen) atoms. The van der Waals surface area contributed by atoms with E-state index >= 15 is 0 Å². The van der Waals surface area contributed by atoms with Crippen molar-refractivity contribution in [2.24, 2.45) is 28.9 Å². The fourth-order valence-corrected chi connectivity index (χ4v) is 3.27. The molecule has 1 aliphatic carbocycles. The summed E-state index contributed by atoms with van der Waals surface area (Å²) in [5, 5.41) is 0. The van der Waals surface area contributed by atoms with Crippen molar-refractivity contribution in [1.29, 1.82) is 0 Å². The van der Waals surface area contributed by atoms with Crippen LogP contribution >= 0.6 is 0 Å². The summed E-state index contributed by atoms with van der Waals surface area (Å²) < 4.78 is 0. The Balaban J connectivity index is 2.82. The molecule has 0 bridgehead atoms. The van der Waals surface area contributed by atoms with Gasteiger partial charge in [-0.1, -0.05) is 47.0 Å². The van der Waals surface area contributed by atoms with E-state index in [9.17, 15) is 0 Å². The first kappa shape index (κ1) is 12.0. The smallest absolute Gasteiger partial charge is 0.00153 e. The van der Waals surface area contributed by atoms with Crippen molar-refractivity contribution >= 4 is 0 Å². The predicted octanol–water partition coefficient (Wildman–Crippen LogP) is 3.43. The Bertz CT molecular complexity index is 176. The van der Waals surface area contributed by atoms with Crippen molar-refractivity contribution < 1.29 is 0 Å². The Morgan fingerprint density at radius 2 is 1.93 bits per heavy atom. The van der Waals surface area contributed by atoms with Gasteiger partial charge in [0, 0.05) is 0 Å². The molecule has 0 heterocycles. The second-order valence-electron chi connectivity index (χ2n) is 5.62. The minimum absolute atomic E-state index is 0.437. The first-order valence-corrected chi connectivity index (χ1v) is 6.24. The standard InChI is InChI=1S/C13H27N/c1-10(2)12(4)13(9-14)8-6-5-7-11(13)3/h10-12H,5-9,14H2,1-4H3. The number of hydrogen-bond acceptors (Lipinski definition) is 1. The fraction of sp³-hybridized carbons (Fsp3) is 1.00. The van der Waals surface area contributed by atoms with E-state index in [1.54, 1.807) is 0 Å². The molecule has 0 aromatic carbocycles. The molecule has 1 rings (SSSR count). The molecule has 1 aliphatic rings. The van der Waals surface area contributed by atoms with Crippen LogP contribution in [0.2, 0.25) is 0 Å². The number of nitrogens with two attached hydrogens (primary N) is 1. The first-order valence-electron chi connectivity index (χ1n) is 6.24. The van der Waals surface area contributed by atoms with E-state index in [-0.39, 0.29) is 0 Å². The minimum atomic E-state index is 0.437. The molecule has 1 saturated carbocycles. The van der Waals surface area contributed by atoms with E-state index in [0.717, 1.165) is 24.3 Å². The Kier molecular flexibility index (Phi) is 4.00. The molecule has 0 aliphatic heterocycles. The third-order valence-corrected chi connectivity index (χ3v) is 4.80. The summed E-state index contributed by atoms with van der Waals surface area (Å²) in [5.74, 6) is 2.35. The molecule has 0 radical (unpaired) electrons. The molecule has 84 valence electrons. The normalized spacial score (nSPS) is 36.0. The van der Waals surface area contributed by atoms with Gasteiger partial charge in [-0.15, -0.1) is 0 Å². The molecule has 0 aromatic heterocycles. The molecule has 3 atom stereocenters. The first-order chi connectivity index (χ1) is 6.54. The third-order valence-electron chi connectivity index (χ3n) is 4.80. The van der Waals surface area contributed by atoms with Gasteiger partial charge in [0.25, 0.3) is 0 Å². The lowest BCUT2D eigenvalue weighted by molar-refractivity contribution is 0.0277. The van der Waals surface area contributed by atoms with Crippen molar-refractivity contribution in [3.8, 4) is 0 Å². The summed E-state index contributed by atoms with van der Waals surface area (Å²) in [6, 6.07) is 0. The summed E-state index contributed by atoms with van der Waals surface area (Å²) >= 11 is 0. The van der Waals surface area contributed by atoms with Gasteiger partial charge in [-0.3, -0.25) is 0 Å². The maximum Gasteiger partial charge on any atom is -0.00153 e. The second-order valence-corrected chi connectivity index (χ2v) is 5.62. The van der Waals surface area contributed by atoms with Crippen molar-refractivity contribution in [1.82, 2.24) is 0 Å². The zero-order valence-corrected chi connectivity index (χ0v) is 10.3. The van der Waals surface area contributed by atoms with Gasteiger partial charge in [-0.2, -0.15) is 0 Å². The SMILES string of the molecule is CC(C)C(C)C1(CN)CCCCC1C. The van der Waals surface area contributed by atoms with Crippen LogP contribution in [0.25, 0.3) is 0 Å². The van der Waals surface area contributed by atoms with Gasteiger partial charge < -0.3 is 5.73 Å². The molecular formula is C13H27N. The molecule has 0 spiro atoms. The molecule has 1 nitrogen and oxygen atoms in total. The quantitative estimate of drug-likeness (QED) is 0.737. The van der Waals surface area contributed by atoms with Crippen LogP contribution < -0.4 is 5.73 Å². The van der Waals surface area contributed by atoms with E-state index in [1.807, 2.05) is 0 Å². The highest BCUT2D eigenvalue weighted by Crippen LogP contribution is 2.48. The Morgan fingerprint density at radius 3 is 2.36 bits per heavy atom. The van der Waals surface area contributed by atoms with Gasteiger partial charge in [0.2, 0.25) is 0 Å². The topological polar surface area (TPSA) is 26.0 Å². The maximum atomic E-state index is 6.07. The summed E-state index contributed by atoms with van der Waals surface area (Å²) in [6.07, 6.45) is 5.53. The zero-order valence-electron chi connectivity index (χ0n) is 10.3. The van der Waals surface area contributed by atoms with Gasteiger partial charge >= 0.3 is 0 Å². The molecule has 2 N–H and O–H groups in total. The molecular weight excluding hydrogens is 170 g/mol. The Morgan fingerprint density at radius 1 is 1.29 bits per heavy atom. The lowest BCUT2D eigenvalue weighted by Gasteiger charge is -2.48. The average Bonchev–Trinajstić information content (AvgIpc) is 2.18. The maximum absolute atomic E-state index is 6.07. The predicted molar refractivity (Wildman–Crippen MR) is 63.1 cm³/mol. The van der Waals surface area contributed by atoms with Gasteiger partial charge in [0.15, 0.2) is 0 Å². The Hall–Kier alpha value is -0.0400. The van der Waals surface area contributed by atoms with E-state index in [1.165, 1.54) is 25.7 Å². The van der Waals surface area contributed by atoms with Gasteiger partial charge in [0.1, 0.15) is 0 Å². The molecule has 1 heteroatoms. The van der Waals surface area contributed by atoms with E-state index in [2.05, 4.69) is 27.7 Å². The fourth-order valence-electron chi connectivity index (χ4n) is 3.27. The summed E-state index contributed by atoms with van der Waals surface area (Å²) in [7, 11) is 0. The molecule has 0 amide bonds. The summed E-state index contributed by atoms with van der Waals surface area (Å²) in [4.78, 5) is 0. The van der Waals surface area contributed by atoms with Gasteiger partial charge in [-0.25, -0.2) is 0 Å². The summed E-state index contributed by atoms with van der Waals surface area (Å²) in [5.41, 5.74) is 6.50. The third kappa shape index (κ3) is 1.98. The van der Waals surface area contributed by atoms with Gasteiger partial charge in [-0.05, 0) is 36.1 Å². The Labute approximate surface area is 89.5 Å². The van der Waals surface area contributed by atoms with Crippen LogP contribution in [0.4, 0.5) is 0 Å². The zero-order chi connectivity index (χ0) is 10.8. The van der Waals surface area contributed by atoms with Crippen molar-refractivity contribution in [2.75, 3.05) is 6.54 Å². The van der Waals surface area contributed by atoms with Crippen LogP contribution in [-0.2, 0) is 0 Å². The highest BCUT2D eigenvalue weighted by Gasteiger charge is 2.42.